The second-order valence-corrected chi connectivity index (χ2v) is 10.9. The molecule has 0 saturated carbocycles. The molecule has 3 rings (SSSR count). The lowest BCUT2D eigenvalue weighted by Gasteiger charge is -2.32. The van der Waals surface area contributed by atoms with Crippen LogP contribution in [0, 0.1) is 10.1 Å². The van der Waals surface area contributed by atoms with Crippen molar-refractivity contribution in [2.75, 3.05) is 5.75 Å². The molecule has 0 radical (unpaired) electrons. The lowest BCUT2D eigenvalue weighted by Crippen LogP contribution is -2.52. The first kappa shape index (κ1) is 29.5. The van der Waals surface area contributed by atoms with Crippen LogP contribution in [0.25, 0.3) is 0 Å². The van der Waals surface area contributed by atoms with Crippen molar-refractivity contribution >= 4 is 52.5 Å². The van der Waals surface area contributed by atoms with E-state index in [4.69, 9.17) is 23.2 Å². The van der Waals surface area contributed by atoms with E-state index in [0.717, 1.165) is 11.1 Å². The highest BCUT2D eigenvalue weighted by Crippen LogP contribution is 2.25. The number of nitrogens with zero attached hydrogens (tertiary/aromatic N) is 2. The van der Waals surface area contributed by atoms with Crippen LogP contribution in [0.5, 0.6) is 0 Å². The van der Waals surface area contributed by atoms with Crippen molar-refractivity contribution in [1.29, 1.82) is 0 Å². The fraction of sp³-hybridized carbons (Fsp3) is 0.286. The molecule has 2 amide bonds. The van der Waals surface area contributed by atoms with Gasteiger partial charge in [0.15, 0.2) is 0 Å². The molecule has 200 valence electrons. The van der Waals surface area contributed by atoms with E-state index in [9.17, 15) is 19.7 Å². The summed E-state index contributed by atoms with van der Waals surface area (Å²) in [4.78, 5) is 39.1. The summed E-state index contributed by atoms with van der Waals surface area (Å²) in [7, 11) is 0. The van der Waals surface area contributed by atoms with Gasteiger partial charge in [0.1, 0.15) is 6.04 Å². The summed E-state index contributed by atoms with van der Waals surface area (Å²) >= 11 is 13.9. The minimum Gasteiger partial charge on any atom is -0.352 e. The molecule has 0 saturated heterocycles. The second kappa shape index (κ2) is 14.2. The van der Waals surface area contributed by atoms with Gasteiger partial charge in [-0.3, -0.25) is 19.7 Å². The number of thioether (sulfide) groups is 1. The lowest BCUT2D eigenvalue weighted by atomic mass is 10.0. The predicted molar refractivity (Wildman–Crippen MR) is 153 cm³/mol. The molecule has 0 aliphatic rings. The zero-order chi connectivity index (χ0) is 27.7. The molecule has 0 aliphatic carbocycles. The number of carbonyl (C=O) groups is 2. The summed E-state index contributed by atoms with van der Waals surface area (Å²) in [6.45, 7) is 3.88. The van der Waals surface area contributed by atoms with Gasteiger partial charge >= 0.3 is 0 Å². The molecule has 0 aromatic heterocycles. The summed E-state index contributed by atoms with van der Waals surface area (Å²) < 4.78 is 0. The standard InChI is InChI=1S/C28H29Cl2N3O4S/c1-19(2)31-28(35)26(14-20-6-4-3-5-7-20)32(16-22-10-11-23(29)15-25(22)30)27(34)18-38-17-21-8-12-24(13-9-21)33(36)37/h3-13,15,19,26H,14,16-18H2,1-2H3,(H,31,35). The molecule has 3 aromatic carbocycles. The fourth-order valence-corrected chi connectivity index (χ4v) is 5.16. The van der Waals surface area contributed by atoms with Crippen LogP contribution in [0.2, 0.25) is 10.0 Å². The monoisotopic (exact) mass is 573 g/mol. The molecular formula is C28H29Cl2N3O4S. The van der Waals surface area contributed by atoms with Crippen LogP contribution >= 0.6 is 35.0 Å². The highest BCUT2D eigenvalue weighted by molar-refractivity contribution is 7.99. The molecule has 0 heterocycles. The summed E-state index contributed by atoms with van der Waals surface area (Å²) in [6.07, 6.45) is 0.337. The number of amides is 2. The third kappa shape index (κ3) is 8.75. The van der Waals surface area contributed by atoms with Gasteiger partial charge in [-0.05, 0) is 42.7 Å². The third-order valence-electron chi connectivity index (χ3n) is 5.70. The zero-order valence-corrected chi connectivity index (χ0v) is 23.4. The molecule has 3 aromatic rings. The number of benzene rings is 3. The van der Waals surface area contributed by atoms with Crippen molar-refractivity contribution in [3.8, 4) is 0 Å². The largest absolute Gasteiger partial charge is 0.352 e. The molecule has 1 unspecified atom stereocenters. The van der Waals surface area contributed by atoms with Gasteiger partial charge in [-0.25, -0.2) is 0 Å². The third-order valence-corrected chi connectivity index (χ3v) is 7.27. The van der Waals surface area contributed by atoms with Gasteiger partial charge in [0.25, 0.3) is 5.69 Å². The van der Waals surface area contributed by atoms with E-state index in [1.54, 1.807) is 35.2 Å². The van der Waals surface area contributed by atoms with Gasteiger partial charge in [0.05, 0.1) is 10.7 Å². The van der Waals surface area contributed by atoms with Crippen molar-refractivity contribution in [2.45, 2.75) is 44.6 Å². The minimum atomic E-state index is -0.765. The SMILES string of the molecule is CC(C)NC(=O)C(Cc1ccccc1)N(Cc1ccc(Cl)cc1Cl)C(=O)CSCc1ccc([N+](=O)[O-])cc1. The molecule has 38 heavy (non-hydrogen) atoms. The van der Waals surface area contributed by atoms with E-state index >= 15 is 0 Å². The van der Waals surface area contributed by atoms with Crippen molar-refractivity contribution in [1.82, 2.24) is 10.2 Å². The number of non-ortho nitro benzene ring substituents is 1. The zero-order valence-electron chi connectivity index (χ0n) is 21.1. The normalized spacial score (nSPS) is 11.7. The maximum atomic E-state index is 13.6. The van der Waals surface area contributed by atoms with Gasteiger partial charge in [0, 0.05) is 46.9 Å². The van der Waals surface area contributed by atoms with Gasteiger partial charge in [-0.2, -0.15) is 0 Å². The van der Waals surface area contributed by atoms with Crippen molar-refractivity contribution in [2.24, 2.45) is 0 Å². The molecule has 0 spiro atoms. The van der Waals surface area contributed by atoms with Crippen LogP contribution in [0.3, 0.4) is 0 Å². The topological polar surface area (TPSA) is 92.6 Å². The van der Waals surface area contributed by atoms with Crippen LogP contribution in [0.4, 0.5) is 5.69 Å². The van der Waals surface area contributed by atoms with E-state index in [-0.39, 0.29) is 35.8 Å². The molecule has 7 nitrogen and oxygen atoms in total. The number of nitro benzene ring substituents is 1. The average Bonchev–Trinajstić information content (AvgIpc) is 2.87. The summed E-state index contributed by atoms with van der Waals surface area (Å²) in [5.41, 5.74) is 2.48. The minimum absolute atomic E-state index is 0.0146. The quantitative estimate of drug-likeness (QED) is 0.203. The first-order chi connectivity index (χ1) is 18.1. The Hall–Kier alpha value is -3.07. The number of hydrogen-bond acceptors (Lipinski definition) is 5. The Bertz CT molecular complexity index is 1260. The molecule has 1 N–H and O–H groups in total. The van der Waals surface area contributed by atoms with Gasteiger partial charge in [0.2, 0.25) is 11.8 Å². The second-order valence-electron chi connectivity index (χ2n) is 9.04. The number of rotatable bonds is 12. The number of halogens is 2. The van der Waals surface area contributed by atoms with E-state index in [1.165, 1.54) is 23.9 Å². The summed E-state index contributed by atoms with van der Waals surface area (Å²) in [6, 6.07) is 20.0. The molecule has 0 bridgehead atoms. The Labute approximate surface area is 236 Å². The summed E-state index contributed by atoms with van der Waals surface area (Å²) in [5, 5.41) is 14.7. The van der Waals surface area contributed by atoms with Gasteiger partial charge in [-0.15, -0.1) is 11.8 Å². The Morgan fingerprint density at radius 2 is 1.68 bits per heavy atom. The highest BCUT2D eigenvalue weighted by Gasteiger charge is 2.31. The average molecular weight is 575 g/mol. The molecule has 0 fully saturated rings. The van der Waals surface area contributed by atoms with Crippen LogP contribution in [0.1, 0.15) is 30.5 Å². The maximum absolute atomic E-state index is 13.6. The first-order valence-electron chi connectivity index (χ1n) is 12.0. The molecule has 10 heteroatoms. The van der Waals surface area contributed by atoms with Crippen LogP contribution in [0.15, 0.2) is 72.8 Å². The van der Waals surface area contributed by atoms with Crippen LogP contribution < -0.4 is 5.32 Å². The fourth-order valence-electron chi connectivity index (χ4n) is 3.82. The predicted octanol–water partition coefficient (Wildman–Crippen LogP) is 6.30. The Balaban J connectivity index is 1.85. The van der Waals surface area contributed by atoms with E-state index in [1.807, 2.05) is 44.2 Å². The molecule has 0 aliphatic heterocycles. The Morgan fingerprint density at radius 1 is 1.00 bits per heavy atom. The van der Waals surface area contributed by atoms with E-state index in [2.05, 4.69) is 5.32 Å². The van der Waals surface area contributed by atoms with Crippen molar-refractivity contribution < 1.29 is 14.5 Å². The van der Waals surface area contributed by atoms with Gasteiger partial charge < -0.3 is 10.2 Å². The molecular weight excluding hydrogens is 545 g/mol. The molecule has 1 atom stereocenters. The first-order valence-corrected chi connectivity index (χ1v) is 13.9. The van der Waals surface area contributed by atoms with Crippen molar-refractivity contribution in [3.05, 3.63) is 110 Å². The van der Waals surface area contributed by atoms with E-state index in [0.29, 0.717) is 27.8 Å². The van der Waals surface area contributed by atoms with E-state index < -0.39 is 11.0 Å². The van der Waals surface area contributed by atoms with Crippen molar-refractivity contribution in [3.63, 3.8) is 0 Å². The summed E-state index contributed by atoms with van der Waals surface area (Å²) in [5.74, 6) is 0.133. The van der Waals surface area contributed by atoms with Crippen LogP contribution in [-0.4, -0.2) is 39.5 Å². The lowest BCUT2D eigenvalue weighted by molar-refractivity contribution is -0.384. The Morgan fingerprint density at radius 3 is 2.29 bits per heavy atom. The van der Waals surface area contributed by atoms with Crippen LogP contribution in [-0.2, 0) is 28.3 Å². The van der Waals surface area contributed by atoms with Gasteiger partial charge in [-0.1, -0.05) is 71.7 Å². The number of hydrogen-bond donors (Lipinski definition) is 1. The number of carbonyl (C=O) groups excluding carboxylic acids is 2. The maximum Gasteiger partial charge on any atom is 0.269 e. The Kier molecular flexibility index (Phi) is 11.0. The number of nitrogens with one attached hydrogen (secondary N) is 1. The number of nitro groups is 1. The smallest absolute Gasteiger partial charge is 0.269 e. The highest BCUT2D eigenvalue weighted by atomic mass is 35.5.